The summed E-state index contributed by atoms with van der Waals surface area (Å²) >= 11 is 0. The summed E-state index contributed by atoms with van der Waals surface area (Å²) < 4.78 is 9.85. The average molecular weight is 1040 g/mol. The Hall–Kier alpha value is -4.99. The van der Waals surface area contributed by atoms with E-state index in [1.807, 2.05) is 6.20 Å². The summed E-state index contributed by atoms with van der Waals surface area (Å²) in [6.07, 6.45) is 2.78. The van der Waals surface area contributed by atoms with Crippen molar-refractivity contribution in [2.45, 2.75) is 145 Å². The van der Waals surface area contributed by atoms with Crippen molar-refractivity contribution >= 4 is 44.8 Å². The Labute approximate surface area is 402 Å². The SMILES string of the molecule is Cc1ccc2c(c1)C(C)(C)c1cc3c4cc(C)ccc4n(-c4cc(C(C)(C)C)ccn4)c3[c-]c1N2c1[c-]c(C2=N[C@]3(C)Cc4cc(C)c(C)cc4[C@]3(C(C)(C)C)O2)cc(C(C)(C)C)c1.[Pt+2]. The van der Waals surface area contributed by atoms with Crippen molar-refractivity contribution in [3.8, 4) is 5.82 Å². The van der Waals surface area contributed by atoms with Gasteiger partial charge in [0.15, 0.2) is 5.60 Å². The first kappa shape index (κ1) is 45.2. The maximum atomic E-state index is 7.53. The van der Waals surface area contributed by atoms with E-state index in [0.717, 1.165) is 45.9 Å². The zero-order valence-corrected chi connectivity index (χ0v) is 43.6. The van der Waals surface area contributed by atoms with Crippen LogP contribution in [0.5, 0.6) is 0 Å². The van der Waals surface area contributed by atoms with Gasteiger partial charge in [0.1, 0.15) is 11.7 Å². The molecule has 2 atom stereocenters. The molecule has 5 aromatic carbocycles. The summed E-state index contributed by atoms with van der Waals surface area (Å²) in [4.78, 5) is 13.1. The van der Waals surface area contributed by atoms with Gasteiger partial charge < -0.3 is 14.2 Å². The molecule has 5 nitrogen and oxygen atoms in total. The molecule has 0 radical (unpaired) electrons. The van der Waals surface area contributed by atoms with Crippen LogP contribution in [0.2, 0.25) is 0 Å². The molecule has 0 amide bonds. The molecule has 0 N–H and O–H groups in total. The van der Waals surface area contributed by atoms with Crippen LogP contribution in [-0.2, 0) is 54.1 Å². The Morgan fingerprint density at radius 3 is 2.03 bits per heavy atom. The van der Waals surface area contributed by atoms with Crippen molar-refractivity contribution in [3.05, 3.63) is 158 Å². The van der Waals surface area contributed by atoms with E-state index in [0.29, 0.717) is 5.90 Å². The van der Waals surface area contributed by atoms with E-state index >= 15 is 0 Å². The smallest absolute Gasteiger partial charge is 0.507 e. The van der Waals surface area contributed by atoms with Gasteiger partial charge in [0.2, 0.25) is 0 Å². The van der Waals surface area contributed by atoms with Crippen molar-refractivity contribution in [3.63, 3.8) is 0 Å². The number of anilines is 3. The molecule has 0 saturated carbocycles. The van der Waals surface area contributed by atoms with Crippen molar-refractivity contribution in [1.82, 2.24) is 9.55 Å². The maximum Gasteiger partial charge on any atom is 2.00 e. The monoisotopic (exact) mass is 1040 g/mol. The second kappa shape index (κ2) is 14.5. The van der Waals surface area contributed by atoms with E-state index in [1.165, 1.54) is 66.4 Å². The van der Waals surface area contributed by atoms with Gasteiger partial charge in [-0.3, -0.25) is 4.99 Å². The van der Waals surface area contributed by atoms with Gasteiger partial charge in [-0.2, -0.15) is 6.07 Å². The Morgan fingerprint density at radius 2 is 1.34 bits per heavy atom. The third kappa shape index (κ3) is 6.64. The first-order valence-electron chi connectivity index (χ1n) is 23.2. The molecule has 0 saturated heterocycles. The van der Waals surface area contributed by atoms with Crippen LogP contribution in [0, 0.1) is 45.2 Å². The van der Waals surface area contributed by atoms with E-state index in [2.05, 4.69) is 211 Å². The van der Waals surface area contributed by atoms with Gasteiger partial charge in [0, 0.05) is 34.8 Å². The van der Waals surface area contributed by atoms with Gasteiger partial charge in [-0.1, -0.05) is 140 Å². The Bertz CT molecular complexity index is 3160. The number of ether oxygens (including phenoxy) is 1. The van der Waals surface area contributed by atoms with Gasteiger partial charge in [-0.05, 0) is 114 Å². The molecule has 7 aromatic rings. The van der Waals surface area contributed by atoms with Crippen molar-refractivity contribution in [1.29, 1.82) is 0 Å². The third-order valence-corrected chi connectivity index (χ3v) is 15.0. The molecule has 336 valence electrons. The van der Waals surface area contributed by atoms with Crippen molar-refractivity contribution < 1.29 is 25.8 Å². The summed E-state index contributed by atoms with van der Waals surface area (Å²) in [7, 11) is 0. The van der Waals surface area contributed by atoms with Crippen molar-refractivity contribution in [2.75, 3.05) is 4.90 Å². The summed E-state index contributed by atoms with van der Waals surface area (Å²) in [5, 5.41) is 2.37. The zero-order chi connectivity index (χ0) is 45.8. The second-order valence-corrected chi connectivity index (χ2v) is 23.2. The molecule has 6 heteroatoms. The molecule has 0 unspecified atom stereocenters. The first-order chi connectivity index (χ1) is 29.8. The summed E-state index contributed by atoms with van der Waals surface area (Å²) in [6.45, 7) is 36.4. The molecule has 0 spiro atoms. The average Bonchev–Trinajstić information content (AvgIpc) is 3.78. The first-order valence-corrected chi connectivity index (χ1v) is 23.2. The molecule has 0 fully saturated rings. The number of aryl methyl sites for hydroxylation is 4. The van der Waals surface area contributed by atoms with Crippen molar-refractivity contribution in [2.24, 2.45) is 10.4 Å². The van der Waals surface area contributed by atoms with E-state index in [9.17, 15) is 0 Å². The Morgan fingerprint density at radius 1 is 0.662 bits per heavy atom. The van der Waals surface area contributed by atoms with E-state index < -0.39 is 11.1 Å². The minimum absolute atomic E-state index is 0. The molecule has 0 bridgehead atoms. The summed E-state index contributed by atoms with van der Waals surface area (Å²) in [5.41, 5.74) is 16.7. The van der Waals surface area contributed by atoms with E-state index in [4.69, 9.17) is 14.7 Å². The number of aromatic nitrogens is 2. The third-order valence-electron chi connectivity index (χ3n) is 15.0. The van der Waals surface area contributed by atoms with Gasteiger partial charge in [-0.25, -0.2) is 4.98 Å². The van der Waals surface area contributed by atoms with E-state index in [1.54, 1.807) is 0 Å². The predicted octanol–water partition coefficient (Wildman–Crippen LogP) is 14.7. The molecule has 3 aliphatic rings. The number of aliphatic imine (C=N–C) groups is 1. The zero-order valence-electron chi connectivity index (χ0n) is 41.3. The summed E-state index contributed by atoms with van der Waals surface area (Å²) in [5.74, 6) is 1.55. The molecular weight excluding hydrogens is 976 g/mol. The number of nitrogens with zero attached hydrogens (tertiary/aromatic N) is 4. The van der Waals surface area contributed by atoms with Crippen LogP contribution in [0.1, 0.15) is 144 Å². The number of fused-ring (bicyclic) bond motifs is 8. The van der Waals surface area contributed by atoms with Crippen LogP contribution >= 0.6 is 0 Å². The van der Waals surface area contributed by atoms with Crippen LogP contribution in [0.25, 0.3) is 27.6 Å². The maximum absolute atomic E-state index is 7.53. The van der Waals surface area contributed by atoms with Crippen LogP contribution in [0.3, 0.4) is 0 Å². The molecule has 2 aliphatic heterocycles. The number of pyridine rings is 1. The Kier molecular flexibility index (Phi) is 10.1. The molecule has 1 aliphatic carbocycles. The standard InChI is InChI=1S/C59H64N4O.Pt/c1-34-17-19-48-43(23-34)44-31-47-51(32-50(44)63(48)52-30-40(21-22-60-52)54(5,6)7)62(49-20-18-35(2)24-46(49)57(47,14)15)42-28-38(27-41(29-42)55(8,9)10)53-61-58(16)33-39-25-36(3)37(4)26-45(39)59(58,64-53)56(11,12)13;/h17-27,29-31H,33H2,1-16H3;/q-2;+2/t58-,59-;/m1./s1. The van der Waals surface area contributed by atoms with Crippen LogP contribution in [0.15, 0.2) is 90.1 Å². The molecule has 2 aromatic heterocycles. The number of benzene rings is 5. The summed E-state index contributed by atoms with van der Waals surface area (Å²) in [6, 6.07) is 38.0. The number of rotatable bonds is 3. The number of hydrogen-bond acceptors (Lipinski definition) is 4. The second-order valence-electron chi connectivity index (χ2n) is 23.2. The fraction of sp³-hybridized carbons (Fsp3) is 0.390. The fourth-order valence-electron chi connectivity index (χ4n) is 11.4. The molecule has 65 heavy (non-hydrogen) atoms. The molecular formula is C59H64N4OPt. The quantitative estimate of drug-likeness (QED) is 0.166. The van der Waals surface area contributed by atoms with Gasteiger partial charge in [0.05, 0.1) is 5.54 Å². The topological polar surface area (TPSA) is 42.7 Å². The van der Waals surface area contributed by atoms with Gasteiger partial charge in [0.25, 0.3) is 0 Å². The Balaban J connectivity index is 0.00000533. The van der Waals surface area contributed by atoms with E-state index in [-0.39, 0.29) is 42.7 Å². The predicted molar refractivity (Wildman–Crippen MR) is 267 cm³/mol. The van der Waals surface area contributed by atoms with Gasteiger partial charge in [-0.15, -0.1) is 40.8 Å². The normalized spacial score (nSPS) is 19.9. The minimum Gasteiger partial charge on any atom is -0.507 e. The fourth-order valence-corrected chi connectivity index (χ4v) is 11.4. The van der Waals surface area contributed by atoms with Gasteiger partial charge >= 0.3 is 21.1 Å². The molecule has 4 heterocycles. The minimum atomic E-state index is -0.649. The molecule has 10 rings (SSSR count). The largest absolute Gasteiger partial charge is 2.00 e. The van der Waals surface area contributed by atoms with Crippen LogP contribution in [0.4, 0.5) is 17.1 Å². The van der Waals surface area contributed by atoms with Crippen LogP contribution in [-0.4, -0.2) is 21.0 Å². The van der Waals surface area contributed by atoms with Crippen LogP contribution < -0.4 is 4.90 Å². The number of hydrogen-bond donors (Lipinski definition) is 0.